The summed E-state index contributed by atoms with van der Waals surface area (Å²) >= 11 is 1.92. The summed E-state index contributed by atoms with van der Waals surface area (Å²) in [5.41, 5.74) is 10.3. The average Bonchev–Trinajstić information content (AvgIpc) is 3.80. The maximum absolute atomic E-state index is 6.87. The van der Waals surface area contributed by atoms with Gasteiger partial charge in [0.25, 0.3) is 0 Å². The molecule has 1 atom stereocenters. The standard InChI is InChI=1S/C43H29NO2S/c1-26-21-22-31-32-17-10-18-35(43(32)47-39(31)23-26)44(29-14-9-13-28(24-29)27-11-3-2-4-12-27)41-40-33-16-6-8-20-37(33)45-38(40)25-34-30-15-5-7-19-36(30)46-42(34)41/h2-22,24-26H,23H2,1H3. The Balaban J connectivity index is 1.37. The molecule has 1 aliphatic rings. The molecule has 1 unspecified atom stereocenters. The number of rotatable bonds is 4. The molecule has 1 aliphatic carbocycles. The van der Waals surface area contributed by atoms with Crippen LogP contribution in [0.5, 0.6) is 0 Å². The Hall–Kier alpha value is -5.58. The van der Waals surface area contributed by atoms with Gasteiger partial charge in [-0.25, -0.2) is 0 Å². The van der Waals surface area contributed by atoms with Gasteiger partial charge in [0.2, 0.25) is 0 Å². The van der Waals surface area contributed by atoms with Gasteiger partial charge in [-0.1, -0.05) is 110 Å². The number of fused-ring (bicyclic) bond motifs is 9. The number of benzene rings is 6. The first-order valence-corrected chi connectivity index (χ1v) is 17.0. The Morgan fingerprint density at radius 2 is 1.36 bits per heavy atom. The van der Waals surface area contributed by atoms with Crippen LogP contribution in [0.25, 0.3) is 71.2 Å². The Kier molecular flexibility index (Phi) is 5.78. The Bertz CT molecular complexity index is 2680. The monoisotopic (exact) mass is 623 g/mol. The first kappa shape index (κ1) is 26.6. The third-order valence-electron chi connectivity index (χ3n) is 9.57. The number of thiophene rings is 1. The quantitative estimate of drug-likeness (QED) is 0.195. The van der Waals surface area contributed by atoms with Gasteiger partial charge >= 0.3 is 0 Å². The number of anilines is 3. The predicted molar refractivity (Wildman–Crippen MR) is 198 cm³/mol. The minimum Gasteiger partial charge on any atom is -0.456 e. The van der Waals surface area contributed by atoms with E-state index in [2.05, 4.69) is 139 Å². The molecule has 0 saturated heterocycles. The molecule has 0 amide bonds. The molecule has 10 rings (SSSR count). The predicted octanol–water partition coefficient (Wildman–Crippen LogP) is 13.0. The van der Waals surface area contributed by atoms with E-state index in [1.54, 1.807) is 0 Å². The lowest BCUT2D eigenvalue weighted by Gasteiger charge is -2.27. The summed E-state index contributed by atoms with van der Waals surface area (Å²) in [7, 11) is 0. The van der Waals surface area contributed by atoms with Crippen LogP contribution in [0.15, 0.2) is 142 Å². The van der Waals surface area contributed by atoms with Crippen molar-refractivity contribution in [1.29, 1.82) is 0 Å². The summed E-state index contributed by atoms with van der Waals surface area (Å²) in [6, 6.07) is 45.1. The fourth-order valence-electron chi connectivity index (χ4n) is 7.40. The molecule has 4 heteroatoms. The van der Waals surface area contributed by atoms with Crippen LogP contribution < -0.4 is 4.90 Å². The van der Waals surface area contributed by atoms with E-state index in [1.165, 1.54) is 26.1 Å². The van der Waals surface area contributed by atoms with Crippen LogP contribution >= 0.6 is 11.3 Å². The van der Waals surface area contributed by atoms with E-state index in [9.17, 15) is 0 Å². The summed E-state index contributed by atoms with van der Waals surface area (Å²) in [5, 5.41) is 5.52. The molecule has 3 heterocycles. The van der Waals surface area contributed by atoms with Gasteiger partial charge in [-0.2, -0.15) is 0 Å². The Labute approximate surface area is 275 Å². The molecule has 0 saturated carbocycles. The smallest absolute Gasteiger partial charge is 0.160 e. The van der Waals surface area contributed by atoms with Gasteiger partial charge in [-0.05, 0) is 65.4 Å². The van der Waals surface area contributed by atoms with E-state index < -0.39 is 0 Å². The van der Waals surface area contributed by atoms with E-state index in [4.69, 9.17) is 8.83 Å². The van der Waals surface area contributed by atoms with Crippen LogP contribution in [0.4, 0.5) is 17.1 Å². The highest BCUT2D eigenvalue weighted by Gasteiger charge is 2.28. The third kappa shape index (κ3) is 4.05. The van der Waals surface area contributed by atoms with Gasteiger partial charge in [0.05, 0.1) is 15.8 Å². The van der Waals surface area contributed by atoms with Crippen molar-refractivity contribution in [3.63, 3.8) is 0 Å². The second-order valence-corrected chi connectivity index (χ2v) is 13.7. The Morgan fingerprint density at radius 3 is 2.23 bits per heavy atom. The lowest BCUT2D eigenvalue weighted by atomic mass is 9.95. The van der Waals surface area contributed by atoms with Crippen LogP contribution in [0, 0.1) is 5.92 Å². The first-order valence-electron chi connectivity index (χ1n) is 16.1. The van der Waals surface area contributed by atoms with Crippen molar-refractivity contribution < 1.29 is 8.83 Å². The van der Waals surface area contributed by atoms with Gasteiger partial charge in [-0.3, -0.25) is 0 Å². The molecule has 0 bridgehead atoms. The fourth-order valence-corrected chi connectivity index (χ4v) is 8.83. The van der Waals surface area contributed by atoms with E-state index in [1.807, 2.05) is 23.5 Å². The molecular weight excluding hydrogens is 595 g/mol. The maximum atomic E-state index is 6.87. The minimum atomic E-state index is 0.527. The average molecular weight is 624 g/mol. The molecule has 0 spiro atoms. The lowest BCUT2D eigenvalue weighted by molar-refractivity contribution is 0.664. The van der Waals surface area contributed by atoms with Crippen molar-refractivity contribution in [2.75, 3.05) is 4.90 Å². The molecule has 6 aromatic carbocycles. The highest BCUT2D eigenvalue weighted by atomic mass is 32.1. The number of hydrogen-bond donors (Lipinski definition) is 0. The molecule has 0 N–H and O–H groups in total. The number of para-hydroxylation sites is 2. The van der Waals surface area contributed by atoms with Crippen LogP contribution in [-0.4, -0.2) is 0 Å². The largest absolute Gasteiger partial charge is 0.456 e. The fraction of sp³-hybridized carbons (Fsp3) is 0.0698. The molecule has 224 valence electrons. The molecular formula is C43H29NO2S. The van der Waals surface area contributed by atoms with Crippen LogP contribution in [-0.2, 0) is 6.42 Å². The van der Waals surface area contributed by atoms with Crippen molar-refractivity contribution in [2.45, 2.75) is 13.3 Å². The number of furan rings is 2. The zero-order valence-electron chi connectivity index (χ0n) is 25.7. The van der Waals surface area contributed by atoms with E-state index in [0.29, 0.717) is 5.92 Å². The highest BCUT2D eigenvalue weighted by molar-refractivity contribution is 7.20. The summed E-state index contributed by atoms with van der Waals surface area (Å²) in [5.74, 6) is 0.527. The van der Waals surface area contributed by atoms with Gasteiger partial charge < -0.3 is 13.7 Å². The summed E-state index contributed by atoms with van der Waals surface area (Å²) in [6.07, 6.45) is 5.73. The molecule has 3 aromatic heterocycles. The van der Waals surface area contributed by atoms with Crippen LogP contribution in [0.3, 0.4) is 0 Å². The number of allylic oxidation sites excluding steroid dienone is 1. The first-order chi connectivity index (χ1) is 23.2. The van der Waals surface area contributed by atoms with Crippen molar-refractivity contribution in [3.05, 3.63) is 144 Å². The van der Waals surface area contributed by atoms with Crippen LogP contribution in [0.2, 0.25) is 0 Å². The van der Waals surface area contributed by atoms with Gasteiger partial charge in [0.15, 0.2) is 5.58 Å². The molecule has 0 aliphatic heterocycles. The second-order valence-electron chi connectivity index (χ2n) is 12.6. The van der Waals surface area contributed by atoms with E-state index >= 15 is 0 Å². The molecule has 9 aromatic rings. The number of hydrogen-bond acceptors (Lipinski definition) is 4. The van der Waals surface area contributed by atoms with Crippen molar-refractivity contribution in [3.8, 4) is 11.1 Å². The second kappa shape index (κ2) is 10.2. The topological polar surface area (TPSA) is 29.5 Å². The zero-order chi connectivity index (χ0) is 31.1. The lowest BCUT2D eigenvalue weighted by Crippen LogP contribution is -2.11. The third-order valence-corrected chi connectivity index (χ3v) is 10.8. The Morgan fingerprint density at radius 1 is 0.638 bits per heavy atom. The molecule has 0 fully saturated rings. The highest BCUT2D eigenvalue weighted by Crippen LogP contribution is 2.52. The summed E-state index contributed by atoms with van der Waals surface area (Å²) in [4.78, 5) is 3.88. The normalized spacial score (nSPS) is 14.5. The van der Waals surface area contributed by atoms with Crippen LogP contribution in [0.1, 0.15) is 17.4 Å². The van der Waals surface area contributed by atoms with E-state index in [0.717, 1.165) is 72.9 Å². The van der Waals surface area contributed by atoms with E-state index in [-0.39, 0.29) is 0 Å². The minimum absolute atomic E-state index is 0.527. The summed E-state index contributed by atoms with van der Waals surface area (Å²) < 4.78 is 14.8. The van der Waals surface area contributed by atoms with Crippen molar-refractivity contribution >= 4 is 88.4 Å². The van der Waals surface area contributed by atoms with Crippen molar-refractivity contribution in [2.24, 2.45) is 5.92 Å². The van der Waals surface area contributed by atoms with Crippen molar-refractivity contribution in [1.82, 2.24) is 0 Å². The molecule has 3 nitrogen and oxygen atoms in total. The zero-order valence-corrected chi connectivity index (χ0v) is 26.6. The SMILES string of the molecule is CC1C=Cc2c(sc3c(N(c4cccc(-c5ccccc5)c4)c4c5oc6ccccc6c5cc5oc6ccccc6c45)cccc23)C1. The maximum Gasteiger partial charge on any atom is 0.160 e. The van der Waals surface area contributed by atoms with Gasteiger partial charge in [-0.15, -0.1) is 11.3 Å². The molecule has 47 heavy (non-hydrogen) atoms. The van der Waals surface area contributed by atoms with Gasteiger partial charge in [0, 0.05) is 32.1 Å². The van der Waals surface area contributed by atoms with Gasteiger partial charge in [0.1, 0.15) is 22.4 Å². The summed E-state index contributed by atoms with van der Waals surface area (Å²) in [6.45, 7) is 2.30. The number of nitrogens with zero attached hydrogens (tertiary/aromatic N) is 1. The molecule has 0 radical (unpaired) electrons.